The number of nitrogens with zero attached hydrogens (tertiary/aromatic N) is 2. The van der Waals surface area contributed by atoms with Gasteiger partial charge in [-0.15, -0.1) is 5.92 Å². The Bertz CT molecular complexity index is 488. The van der Waals surface area contributed by atoms with Gasteiger partial charge in [-0.3, -0.25) is 0 Å². The lowest BCUT2D eigenvalue weighted by Crippen LogP contribution is -2.07. The van der Waals surface area contributed by atoms with Crippen LogP contribution in [0.1, 0.15) is 64.0 Å². The average molecular weight is 242 g/mol. The van der Waals surface area contributed by atoms with Crippen LogP contribution >= 0.6 is 0 Å². The third-order valence-corrected chi connectivity index (χ3v) is 2.68. The van der Waals surface area contributed by atoms with Crippen LogP contribution in [0.2, 0.25) is 0 Å². The van der Waals surface area contributed by atoms with E-state index in [9.17, 15) is 0 Å². The minimum atomic E-state index is 0.395. The summed E-state index contributed by atoms with van der Waals surface area (Å²) >= 11 is 0. The molecule has 0 saturated carbocycles. The summed E-state index contributed by atoms with van der Waals surface area (Å²) in [7, 11) is 0. The predicted octanol–water partition coefficient (Wildman–Crippen LogP) is 3.98. The van der Waals surface area contributed by atoms with Crippen LogP contribution < -0.4 is 0 Å². The van der Waals surface area contributed by atoms with E-state index in [1.165, 1.54) is 11.3 Å². The fourth-order valence-corrected chi connectivity index (χ4v) is 1.81. The second-order valence-corrected chi connectivity index (χ2v) is 4.33. The Hall–Kier alpha value is -1.62. The summed E-state index contributed by atoms with van der Waals surface area (Å²) in [6, 6.07) is 0. The van der Waals surface area contributed by atoms with E-state index >= 15 is 0 Å². The van der Waals surface area contributed by atoms with Gasteiger partial charge in [0.1, 0.15) is 5.82 Å². The van der Waals surface area contributed by atoms with Crippen molar-refractivity contribution >= 4 is 6.08 Å². The van der Waals surface area contributed by atoms with Crippen LogP contribution in [-0.4, -0.2) is 9.97 Å². The molecule has 1 aliphatic rings. The molecule has 0 bridgehead atoms. The van der Waals surface area contributed by atoms with Crippen molar-refractivity contribution in [1.82, 2.24) is 9.97 Å². The summed E-state index contributed by atoms with van der Waals surface area (Å²) < 4.78 is 0. The number of aromatic nitrogens is 2. The molecule has 0 spiro atoms. The summed E-state index contributed by atoms with van der Waals surface area (Å²) in [4.78, 5) is 8.99. The molecule has 0 fully saturated rings. The first kappa shape index (κ1) is 14.4. The van der Waals surface area contributed by atoms with Gasteiger partial charge in [0.15, 0.2) is 0 Å². The molecule has 1 heterocycles. The van der Waals surface area contributed by atoms with Crippen LogP contribution in [0.3, 0.4) is 0 Å². The quantitative estimate of drug-likeness (QED) is 0.696. The summed E-state index contributed by atoms with van der Waals surface area (Å²) in [5.74, 6) is 7.39. The van der Waals surface area contributed by atoms with Gasteiger partial charge in [-0.25, -0.2) is 9.97 Å². The third-order valence-electron chi connectivity index (χ3n) is 2.68. The van der Waals surface area contributed by atoms with Gasteiger partial charge in [0, 0.05) is 23.3 Å². The van der Waals surface area contributed by atoms with Crippen molar-refractivity contribution < 1.29 is 0 Å². The highest BCUT2D eigenvalue weighted by Crippen LogP contribution is 2.22. The second-order valence-electron chi connectivity index (χ2n) is 4.33. The van der Waals surface area contributed by atoms with E-state index in [-0.39, 0.29) is 0 Å². The monoisotopic (exact) mass is 242 g/mol. The minimum absolute atomic E-state index is 0.395. The number of hydrogen-bond donors (Lipinski definition) is 0. The number of fused-ring (bicyclic) bond motifs is 1. The molecule has 1 aromatic heterocycles. The van der Waals surface area contributed by atoms with E-state index < -0.39 is 0 Å². The van der Waals surface area contributed by atoms with Crippen LogP contribution in [0.15, 0.2) is 11.8 Å². The maximum atomic E-state index is 4.60. The van der Waals surface area contributed by atoms with Crippen molar-refractivity contribution in [3.05, 3.63) is 28.9 Å². The van der Waals surface area contributed by atoms with Crippen molar-refractivity contribution in [2.45, 2.75) is 53.4 Å². The molecule has 18 heavy (non-hydrogen) atoms. The van der Waals surface area contributed by atoms with Gasteiger partial charge in [-0.2, -0.15) is 0 Å². The zero-order chi connectivity index (χ0) is 13.5. The van der Waals surface area contributed by atoms with Gasteiger partial charge < -0.3 is 0 Å². The first-order valence-corrected chi connectivity index (χ1v) is 6.70. The molecule has 0 aliphatic heterocycles. The highest BCUT2D eigenvalue weighted by atomic mass is 14.9. The summed E-state index contributed by atoms with van der Waals surface area (Å²) in [5.41, 5.74) is 3.49. The number of aryl methyl sites for hydroxylation is 1. The summed E-state index contributed by atoms with van der Waals surface area (Å²) in [6.45, 7) is 10.1. The van der Waals surface area contributed by atoms with Gasteiger partial charge in [0.2, 0.25) is 0 Å². The molecule has 0 saturated heterocycles. The molecule has 0 amide bonds. The van der Waals surface area contributed by atoms with Crippen molar-refractivity contribution in [2.75, 3.05) is 0 Å². The first-order valence-electron chi connectivity index (χ1n) is 6.70. The largest absolute Gasteiger partial charge is 0.240 e. The van der Waals surface area contributed by atoms with E-state index in [0.717, 1.165) is 24.2 Å². The van der Waals surface area contributed by atoms with Gasteiger partial charge >= 0.3 is 0 Å². The third kappa shape index (κ3) is 3.43. The molecule has 0 aromatic carbocycles. The fraction of sp³-hybridized carbons (Fsp3) is 0.500. The minimum Gasteiger partial charge on any atom is -0.240 e. The van der Waals surface area contributed by atoms with E-state index in [1.807, 2.05) is 27.0 Å². The maximum absolute atomic E-state index is 4.60. The molecule has 2 rings (SSSR count). The molecular formula is C16H22N2. The highest BCUT2D eigenvalue weighted by molar-refractivity contribution is 5.61. The Morgan fingerprint density at radius 1 is 1.22 bits per heavy atom. The van der Waals surface area contributed by atoms with Crippen molar-refractivity contribution in [3.8, 4) is 11.8 Å². The summed E-state index contributed by atoms with van der Waals surface area (Å²) in [6.07, 6.45) is 6.02. The highest BCUT2D eigenvalue weighted by Gasteiger charge is 2.13. The van der Waals surface area contributed by atoms with Crippen LogP contribution in [-0.2, 0) is 6.42 Å². The van der Waals surface area contributed by atoms with Crippen molar-refractivity contribution in [1.29, 1.82) is 0 Å². The lowest BCUT2D eigenvalue weighted by atomic mass is 9.97. The van der Waals surface area contributed by atoms with E-state index in [4.69, 9.17) is 0 Å². The van der Waals surface area contributed by atoms with Crippen LogP contribution in [0, 0.1) is 11.8 Å². The molecule has 0 radical (unpaired) electrons. The Morgan fingerprint density at radius 2 is 1.94 bits per heavy atom. The molecule has 1 aliphatic carbocycles. The molecule has 0 atom stereocenters. The number of hydrogen-bond acceptors (Lipinski definition) is 2. The molecule has 2 heteroatoms. The lowest BCUT2D eigenvalue weighted by Gasteiger charge is -2.14. The van der Waals surface area contributed by atoms with Gasteiger partial charge in [0.25, 0.3) is 0 Å². The van der Waals surface area contributed by atoms with Gasteiger partial charge in [-0.1, -0.05) is 33.6 Å². The molecule has 96 valence electrons. The lowest BCUT2D eigenvalue weighted by molar-refractivity contribution is 0.747. The van der Waals surface area contributed by atoms with Crippen LogP contribution in [0.5, 0.6) is 0 Å². The normalized spacial score (nSPS) is 12.7. The van der Waals surface area contributed by atoms with E-state index in [0.29, 0.717) is 5.92 Å². The number of rotatable bonds is 1. The first-order chi connectivity index (χ1) is 8.70. The maximum Gasteiger partial charge on any atom is 0.131 e. The smallest absolute Gasteiger partial charge is 0.131 e. The molecule has 0 unspecified atom stereocenters. The standard InChI is InChI=1S/C14H16N2.C2H6/c1-4-5-11-6-7-13-12(8-11)9-15-14(16-13)10(2)3;1-2/h8-10H,6-7H2,1-3H3;1-2H3. The second kappa shape index (κ2) is 6.96. The molecule has 1 aromatic rings. The zero-order valence-electron chi connectivity index (χ0n) is 12.0. The Kier molecular flexibility index (Phi) is 5.58. The zero-order valence-corrected chi connectivity index (χ0v) is 12.0. The van der Waals surface area contributed by atoms with Gasteiger partial charge in [-0.05, 0) is 25.8 Å². The SMILES string of the molecule is CC.CC#CC1=Cc2cnc(C(C)C)nc2CC1. The number of allylic oxidation sites excluding steroid dienone is 1. The van der Waals surface area contributed by atoms with Crippen molar-refractivity contribution in [2.24, 2.45) is 0 Å². The van der Waals surface area contributed by atoms with E-state index in [2.05, 4.69) is 41.7 Å². The average Bonchev–Trinajstić information content (AvgIpc) is 2.40. The summed E-state index contributed by atoms with van der Waals surface area (Å²) in [5, 5.41) is 0. The molecule has 0 N–H and O–H groups in total. The molecule has 2 nitrogen and oxygen atoms in total. The Balaban J connectivity index is 0.000000771. The topological polar surface area (TPSA) is 25.8 Å². The molecular weight excluding hydrogens is 220 g/mol. The van der Waals surface area contributed by atoms with E-state index in [1.54, 1.807) is 0 Å². The predicted molar refractivity (Wildman–Crippen MR) is 77.2 cm³/mol. The van der Waals surface area contributed by atoms with Crippen LogP contribution in [0.4, 0.5) is 0 Å². The van der Waals surface area contributed by atoms with Gasteiger partial charge in [0.05, 0.1) is 5.69 Å². The fourth-order valence-electron chi connectivity index (χ4n) is 1.81. The Labute approximate surface area is 111 Å². The van der Waals surface area contributed by atoms with Crippen LogP contribution in [0.25, 0.3) is 6.08 Å². The Morgan fingerprint density at radius 3 is 2.56 bits per heavy atom. The van der Waals surface area contributed by atoms with Crippen molar-refractivity contribution in [3.63, 3.8) is 0 Å².